The summed E-state index contributed by atoms with van der Waals surface area (Å²) in [5.74, 6) is -2.10. The molecule has 4 rings (SSSR count). The van der Waals surface area contributed by atoms with E-state index >= 15 is 0 Å². The molecule has 0 aliphatic heterocycles. The third kappa shape index (κ3) is 5.74. The van der Waals surface area contributed by atoms with Crippen molar-refractivity contribution in [2.24, 2.45) is 46.3 Å². The van der Waals surface area contributed by atoms with Crippen molar-refractivity contribution in [3.8, 4) is 0 Å². The van der Waals surface area contributed by atoms with Crippen molar-refractivity contribution in [2.45, 2.75) is 96.8 Å². The van der Waals surface area contributed by atoms with Gasteiger partial charge in [0.15, 0.2) is 0 Å². The summed E-state index contributed by atoms with van der Waals surface area (Å²) in [4.78, 5) is 12.2. The minimum atomic E-state index is -4.39. The van der Waals surface area contributed by atoms with Crippen molar-refractivity contribution in [3.05, 3.63) is 0 Å². The normalized spacial score (nSPS) is 49.4. The maximum Gasteiger partial charge on any atom is 1.00 e. The summed E-state index contributed by atoms with van der Waals surface area (Å²) in [6, 6.07) is 0. The number of amides is 1. The van der Waals surface area contributed by atoms with Crippen molar-refractivity contribution in [1.29, 1.82) is 0 Å². The molecule has 10 heteroatoms. The van der Waals surface area contributed by atoms with Crippen LogP contribution in [0, 0.1) is 46.3 Å². The zero-order valence-corrected chi connectivity index (χ0v) is 24.8. The Morgan fingerprint density at radius 3 is 2.42 bits per heavy atom. The van der Waals surface area contributed by atoms with Crippen LogP contribution >= 0.6 is 0 Å². The fourth-order valence-electron chi connectivity index (χ4n) is 8.50. The second-order valence-corrected chi connectivity index (χ2v) is 13.6. The van der Waals surface area contributed by atoms with Crippen molar-refractivity contribution >= 4 is 16.0 Å². The van der Waals surface area contributed by atoms with Crippen LogP contribution in [0.2, 0.25) is 0 Å². The summed E-state index contributed by atoms with van der Waals surface area (Å²) >= 11 is 0. The predicted octanol–water partition coefficient (Wildman–Crippen LogP) is -0.970. The van der Waals surface area contributed by atoms with Gasteiger partial charge in [0.1, 0.15) is 0 Å². The van der Waals surface area contributed by atoms with Crippen LogP contribution in [-0.4, -0.2) is 64.8 Å². The molecule has 0 aromatic rings. The van der Waals surface area contributed by atoms with Crippen LogP contribution < -0.4 is 34.9 Å². The van der Waals surface area contributed by atoms with Gasteiger partial charge in [-0.1, -0.05) is 20.8 Å². The zero-order valence-electron chi connectivity index (χ0n) is 25.9. The van der Waals surface area contributed by atoms with E-state index < -0.39 is 58.3 Å². The Bertz CT molecular complexity index is 1070. The van der Waals surface area contributed by atoms with Crippen molar-refractivity contribution in [2.75, 3.05) is 12.3 Å². The van der Waals surface area contributed by atoms with Gasteiger partial charge in [0.2, 0.25) is 5.91 Å². The van der Waals surface area contributed by atoms with E-state index in [-0.39, 0.29) is 89.9 Å². The van der Waals surface area contributed by atoms with Crippen LogP contribution in [-0.2, 0) is 14.9 Å². The molecule has 0 heterocycles. The van der Waals surface area contributed by atoms with Crippen LogP contribution in [0.15, 0.2) is 0 Å². The van der Waals surface area contributed by atoms with Gasteiger partial charge in [0.05, 0.1) is 34.2 Å². The van der Waals surface area contributed by atoms with Crippen LogP contribution in [0.5, 0.6) is 0 Å². The average Bonchev–Trinajstić information content (AvgIpc) is 3.15. The summed E-state index contributed by atoms with van der Waals surface area (Å²) in [7, 11) is -4.39. The summed E-state index contributed by atoms with van der Waals surface area (Å²) in [6.45, 7) is 5.92. The first kappa shape index (κ1) is 25.2. The molecule has 4 aliphatic carbocycles. The molecule has 1 amide bonds. The zero-order chi connectivity index (χ0) is 29.3. The first-order chi connectivity index (χ1) is 17.8. The number of hydrogen-bond acceptors (Lipinski definition) is 7. The first-order valence-electron chi connectivity index (χ1n) is 15.0. The number of carbonyl (C=O) groups excluding carboxylic acids is 1. The molecule has 202 valence electrons. The molecule has 36 heavy (non-hydrogen) atoms. The standard InChI is InChI=1S/C26H45NO7S.Na/c1-15(4-7-21(29)27-12-13-35(32,33)34)17-5-6-18-22-19(9-11-25(17,18)2)26(3)10-8-16(28)14-20(26)23(30)24(22)31;/h15-20,22-24,28,30-31H,4-14H2,1-3H3,(H,27,29)(H,32,33,34);/q;+1/p-1/t15-,16-,17-,18+,19+,20+,22+,23+,24+,25-,26-;/m1./s1/i8D2,14D2;. The molecule has 0 saturated heterocycles. The fourth-order valence-corrected chi connectivity index (χ4v) is 8.85. The average molecular weight is 542 g/mol. The Hall–Kier alpha value is 0.260. The number of carbonyl (C=O) groups is 1. The van der Waals surface area contributed by atoms with E-state index in [1.165, 1.54) is 0 Å². The Morgan fingerprint density at radius 2 is 1.75 bits per heavy atom. The number of nitrogens with one attached hydrogen (secondary N) is 1. The van der Waals surface area contributed by atoms with E-state index in [0.717, 1.165) is 19.3 Å². The van der Waals surface area contributed by atoms with Gasteiger partial charge in [-0.25, -0.2) is 8.42 Å². The molecular formula is C26H44NNaO7S. The Morgan fingerprint density at radius 1 is 1.08 bits per heavy atom. The second-order valence-electron chi connectivity index (χ2n) is 12.1. The third-order valence-corrected chi connectivity index (χ3v) is 11.0. The SMILES string of the molecule is [2H]C1([2H])C[C@@]2(C)[C@H]([C@H](O)[C@@H](O)[C@@H]3[C@@H]2CC[C@]2(C)[C@@H]([C@H](C)CCC(=O)NCCS(=O)(=O)[O-])CC[C@@H]32)C([2H])([2H])[C@@H]1O.[Na+]. The van der Waals surface area contributed by atoms with E-state index in [1.807, 2.05) is 6.92 Å². The minimum Gasteiger partial charge on any atom is -0.748 e. The van der Waals surface area contributed by atoms with Crippen molar-refractivity contribution in [3.63, 3.8) is 0 Å². The van der Waals surface area contributed by atoms with E-state index in [0.29, 0.717) is 12.8 Å². The molecule has 11 atom stereocenters. The van der Waals surface area contributed by atoms with E-state index in [4.69, 9.17) is 5.48 Å². The molecule has 0 bridgehead atoms. The smallest absolute Gasteiger partial charge is 0.748 e. The number of aliphatic hydroxyl groups is 3. The number of fused-ring (bicyclic) bond motifs is 5. The molecule has 8 nitrogen and oxygen atoms in total. The monoisotopic (exact) mass is 541 g/mol. The quantitative estimate of drug-likeness (QED) is 0.240. The van der Waals surface area contributed by atoms with Gasteiger partial charge in [-0.05, 0) is 97.6 Å². The summed E-state index contributed by atoms with van der Waals surface area (Å²) in [5.41, 5.74) is -1.11. The van der Waals surface area contributed by atoms with Crippen molar-refractivity contribution < 1.29 is 68.1 Å². The molecule has 4 N–H and O–H groups in total. The van der Waals surface area contributed by atoms with E-state index in [9.17, 15) is 33.1 Å². The molecule has 4 aliphatic rings. The maximum atomic E-state index is 12.2. The third-order valence-electron chi connectivity index (χ3n) is 10.3. The molecule has 0 radical (unpaired) electrons. The second kappa shape index (κ2) is 11.4. The Balaban J connectivity index is 0.00000441. The van der Waals surface area contributed by atoms with Crippen molar-refractivity contribution in [1.82, 2.24) is 5.32 Å². The number of aliphatic hydroxyl groups excluding tert-OH is 3. The van der Waals surface area contributed by atoms with Gasteiger partial charge in [-0.2, -0.15) is 0 Å². The Kier molecular flexibility index (Phi) is 7.99. The van der Waals surface area contributed by atoms with E-state index in [2.05, 4.69) is 19.2 Å². The van der Waals surface area contributed by atoms with E-state index in [1.54, 1.807) is 0 Å². The van der Waals surface area contributed by atoms with Gasteiger partial charge in [-0.15, -0.1) is 0 Å². The molecule has 0 aromatic heterocycles. The molecule has 0 aromatic carbocycles. The molecule has 4 fully saturated rings. The molecule has 0 spiro atoms. The van der Waals surface area contributed by atoms with Gasteiger partial charge in [0.25, 0.3) is 0 Å². The van der Waals surface area contributed by atoms with Gasteiger partial charge in [0, 0.05) is 18.4 Å². The Labute approximate surface area is 244 Å². The largest absolute Gasteiger partial charge is 1.00 e. The maximum absolute atomic E-state index is 12.2. The topological polar surface area (TPSA) is 147 Å². The van der Waals surface area contributed by atoms with Crippen LogP contribution in [0.3, 0.4) is 0 Å². The molecule has 0 unspecified atom stereocenters. The summed E-state index contributed by atoms with van der Waals surface area (Å²) < 4.78 is 66.4. The number of rotatable bonds is 7. The van der Waals surface area contributed by atoms with Gasteiger partial charge >= 0.3 is 29.6 Å². The van der Waals surface area contributed by atoms with Gasteiger partial charge in [-0.3, -0.25) is 4.79 Å². The summed E-state index contributed by atoms with van der Waals surface area (Å²) in [5, 5.41) is 35.8. The minimum absolute atomic E-state index is 0. The van der Waals surface area contributed by atoms with Crippen LogP contribution in [0.4, 0.5) is 0 Å². The van der Waals surface area contributed by atoms with Gasteiger partial charge < -0.3 is 25.2 Å². The molecular weight excluding hydrogens is 493 g/mol. The molecule has 4 saturated carbocycles. The fraction of sp³-hybridized carbons (Fsp3) is 0.962. The number of hydrogen-bond donors (Lipinski definition) is 4. The first-order valence-corrected chi connectivity index (χ1v) is 14.6. The van der Waals surface area contributed by atoms with Crippen LogP contribution in [0.25, 0.3) is 0 Å². The predicted molar refractivity (Wildman–Crippen MR) is 130 cm³/mol. The summed E-state index contributed by atoms with van der Waals surface area (Å²) in [6.07, 6.45) is -5.18. The van der Waals surface area contributed by atoms with Crippen LogP contribution in [0.1, 0.15) is 83.9 Å².